The fraction of sp³-hybridized carbons (Fsp3) is 0.500. The second-order valence-corrected chi connectivity index (χ2v) is 2.81. The van der Waals surface area contributed by atoms with Gasteiger partial charge in [-0.15, -0.1) is 0 Å². The van der Waals surface area contributed by atoms with E-state index in [1.807, 2.05) is 0 Å². The van der Waals surface area contributed by atoms with Crippen LogP contribution in [0.15, 0.2) is 11.1 Å². The number of aliphatic hydroxyl groups is 1. The summed E-state index contributed by atoms with van der Waals surface area (Å²) in [7, 11) is 0. The normalized spacial score (nSPS) is 31.6. The molecule has 62 valence electrons. The first-order valence-corrected chi connectivity index (χ1v) is 4.15. The number of hydrogen-bond donors (Lipinski definition) is 3. The minimum absolute atomic E-state index is 0.0629. The quantitative estimate of drug-likeness (QED) is 0.589. The molecule has 1 fully saturated rings. The molecule has 2 atom stereocenters. The standard InChI is InChI=1S/C6H9BrN2O2/c7-2-1-4-3-8-6(11)9-5(4)10/h1-2,4-5,10H,3H2,(H2,8,9,11). The van der Waals surface area contributed by atoms with Gasteiger partial charge < -0.3 is 15.7 Å². The molecule has 3 N–H and O–H groups in total. The number of urea groups is 1. The summed E-state index contributed by atoms with van der Waals surface area (Å²) in [5, 5.41) is 14.1. The van der Waals surface area contributed by atoms with Gasteiger partial charge >= 0.3 is 6.03 Å². The Bertz CT molecular complexity index is 183. The smallest absolute Gasteiger partial charge is 0.316 e. The number of hydrogen-bond acceptors (Lipinski definition) is 2. The summed E-state index contributed by atoms with van der Waals surface area (Å²) >= 11 is 3.10. The molecule has 0 bridgehead atoms. The van der Waals surface area contributed by atoms with Crippen LogP contribution in [-0.4, -0.2) is 23.9 Å². The first kappa shape index (κ1) is 8.55. The SMILES string of the molecule is O=C1NCC(C=CBr)C(O)N1. The lowest BCUT2D eigenvalue weighted by Crippen LogP contribution is -2.54. The number of aliphatic hydroxyl groups excluding tert-OH is 1. The Hall–Kier alpha value is -0.550. The van der Waals surface area contributed by atoms with Gasteiger partial charge in [-0.2, -0.15) is 0 Å². The topological polar surface area (TPSA) is 61.4 Å². The fourth-order valence-corrected chi connectivity index (χ4v) is 1.27. The highest BCUT2D eigenvalue weighted by molar-refractivity contribution is 9.11. The Morgan fingerprint density at radius 2 is 2.45 bits per heavy atom. The maximum atomic E-state index is 10.6. The van der Waals surface area contributed by atoms with Crippen molar-refractivity contribution in [3.8, 4) is 0 Å². The highest BCUT2D eigenvalue weighted by atomic mass is 79.9. The van der Waals surface area contributed by atoms with Crippen molar-refractivity contribution in [3.63, 3.8) is 0 Å². The first-order valence-electron chi connectivity index (χ1n) is 3.23. The number of nitrogens with one attached hydrogen (secondary N) is 2. The van der Waals surface area contributed by atoms with Gasteiger partial charge in [0, 0.05) is 12.5 Å². The molecule has 1 aliphatic heterocycles. The fourth-order valence-electron chi connectivity index (χ4n) is 0.881. The van der Waals surface area contributed by atoms with E-state index in [9.17, 15) is 9.90 Å². The summed E-state index contributed by atoms with van der Waals surface area (Å²) in [5.74, 6) is -0.0629. The van der Waals surface area contributed by atoms with Crippen LogP contribution in [0.25, 0.3) is 0 Å². The molecular weight excluding hydrogens is 212 g/mol. The van der Waals surface area contributed by atoms with Crippen LogP contribution in [0.5, 0.6) is 0 Å². The second-order valence-electron chi connectivity index (χ2n) is 2.28. The third kappa shape index (κ3) is 2.20. The van der Waals surface area contributed by atoms with E-state index in [0.29, 0.717) is 6.54 Å². The van der Waals surface area contributed by atoms with Gasteiger partial charge in [0.05, 0.1) is 0 Å². The molecule has 11 heavy (non-hydrogen) atoms. The van der Waals surface area contributed by atoms with Gasteiger partial charge in [0.2, 0.25) is 0 Å². The predicted octanol–water partition coefficient (Wildman–Crippen LogP) is 0.142. The molecule has 0 aliphatic carbocycles. The summed E-state index contributed by atoms with van der Waals surface area (Å²) in [6, 6.07) is -0.322. The maximum Gasteiger partial charge on any atom is 0.316 e. The third-order valence-corrected chi connectivity index (χ3v) is 1.81. The minimum Gasteiger partial charge on any atom is -0.373 e. The molecular formula is C6H9BrN2O2. The van der Waals surface area contributed by atoms with Crippen molar-refractivity contribution in [1.82, 2.24) is 10.6 Å². The summed E-state index contributed by atoms with van der Waals surface area (Å²) in [4.78, 5) is 12.3. The minimum atomic E-state index is -0.780. The first-order chi connectivity index (χ1) is 5.24. The van der Waals surface area contributed by atoms with Gasteiger partial charge in [-0.3, -0.25) is 0 Å². The van der Waals surface area contributed by atoms with Gasteiger partial charge in [0.1, 0.15) is 6.23 Å². The Labute approximate surface area is 72.8 Å². The summed E-state index contributed by atoms with van der Waals surface area (Å²) in [6.45, 7) is 0.467. The average Bonchev–Trinajstić information content (AvgIpc) is 1.95. The van der Waals surface area contributed by atoms with E-state index in [4.69, 9.17) is 0 Å². The van der Waals surface area contributed by atoms with Crippen LogP contribution in [0.3, 0.4) is 0 Å². The van der Waals surface area contributed by atoms with Crippen LogP contribution >= 0.6 is 15.9 Å². The van der Waals surface area contributed by atoms with Crippen LogP contribution in [-0.2, 0) is 0 Å². The number of rotatable bonds is 1. The Morgan fingerprint density at radius 3 is 3.00 bits per heavy atom. The largest absolute Gasteiger partial charge is 0.373 e. The number of amides is 2. The molecule has 1 saturated heterocycles. The van der Waals surface area contributed by atoms with Crippen molar-refractivity contribution in [1.29, 1.82) is 0 Å². The Kier molecular flexibility index (Phi) is 2.90. The highest BCUT2D eigenvalue weighted by Gasteiger charge is 2.23. The van der Waals surface area contributed by atoms with Gasteiger partial charge in [-0.1, -0.05) is 22.0 Å². The molecule has 2 amide bonds. The van der Waals surface area contributed by atoms with Crippen molar-refractivity contribution in [2.45, 2.75) is 6.23 Å². The highest BCUT2D eigenvalue weighted by Crippen LogP contribution is 2.07. The van der Waals surface area contributed by atoms with E-state index >= 15 is 0 Å². The van der Waals surface area contributed by atoms with Gasteiger partial charge in [0.25, 0.3) is 0 Å². The second kappa shape index (κ2) is 3.73. The lowest BCUT2D eigenvalue weighted by Gasteiger charge is -2.26. The zero-order chi connectivity index (χ0) is 8.27. The molecule has 0 saturated carbocycles. The van der Waals surface area contributed by atoms with Crippen LogP contribution in [0.2, 0.25) is 0 Å². The molecule has 0 spiro atoms. The van der Waals surface area contributed by atoms with Crippen LogP contribution in [0.1, 0.15) is 0 Å². The van der Waals surface area contributed by atoms with Crippen molar-refractivity contribution < 1.29 is 9.90 Å². The van der Waals surface area contributed by atoms with Crippen LogP contribution < -0.4 is 10.6 Å². The van der Waals surface area contributed by atoms with Crippen LogP contribution in [0, 0.1) is 5.92 Å². The molecule has 1 heterocycles. The van der Waals surface area contributed by atoms with E-state index in [2.05, 4.69) is 26.6 Å². The Morgan fingerprint density at radius 1 is 1.73 bits per heavy atom. The monoisotopic (exact) mass is 220 g/mol. The lowest BCUT2D eigenvalue weighted by atomic mass is 10.1. The number of halogens is 1. The van der Waals surface area contributed by atoms with Crippen molar-refractivity contribution in [2.24, 2.45) is 5.92 Å². The van der Waals surface area contributed by atoms with E-state index in [0.717, 1.165) is 0 Å². The zero-order valence-corrected chi connectivity index (χ0v) is 7.34. The molecule has 0 radical (unpaired) electrons. The summed E-state index contributed by atoms with van der Waals surface area (Å²) in [5.41, 5.74) is 0. The van der Waals surface area contributed by atoms with E-state index in [-0.39, 0.29) is 11.9 Å². The van der Waals surface area contributed by atoms with Crippen molar-refractivity contribution in [3.05, 3.63) is 11.1 Å². The van der Waals surface area contributed by atoms with E-state index in [1.165, 1.54) is 0 Å². The zero-order valence-electron chi connectivity index (χ0n) is 5.75. The average molecular weight is 221 g/mol. The molecule has 2 unspecified atom stereocenters. The van der Waals surface area contributed by atoms with Crippen molar-refractivity contribution >= 4 is 22.0 Å². The van der Waals surface area contributed by atoms with E-state index < -0.39 is 6.23 Å². The lowest BCUT2D eigenvalue weighted by molar-refractivity contribution is 0.0883. The molecule has 5 heteroatoms. The van der Waals surface area contributed by atoms with Crippen LogP contribution in [0.4, 0.5) is 4.79 Å². The molecule has 0 aromatic heterocycles. The van der Waals surface area contributed by atoms with Gasteiger partial charge in [-0.05, 0) is 4.99 Å². The molecule has 0 aromatic carbocycles. The summed E-state index contributed by atoms with van der Waals surface area (Å²) < 4.78 is 0. The van der Waals surface area contributed by atoms with E-state index in [1.54, 1.807) is 11.1 Å². The molecule has 0 aromatic rings. The third-order valence-electron chi connectivity index (χ3n) is 1.50. The molecule has 1 rings (SSSR count). The molecule has 1 aliphatic rings. The maximum absolute atomic E-state index is 10.6. The summed E-state index contributed by atoms with van der Waals surface area (Å²) in [6.07, 6.45) is 0.995. The number of carbonyl (C=O) groups is 1. The number of carbonyl (C=O) groups excluding carboxylic acids is 1. The predicted molar refractivity (Wildman–Crippen MR) is 44.1 cm³/mol. The molecule has 4 nitrogen and oxygen atoms in total. The Balaban J connectivity index is 2.50. The van der Waals surface area contributed by atoms with Crippen molar-refractivity contribution in [2.75, 3.05) is 6.54 Å². The van der Waals surface area contributed by atoms with Gasteiger partial charge in [0.15, 0.2) is 0 Å². The van der Waals surface area contributed by atoms with Gasteiger partial charge in [-0.25, -0.2) is 4.79 Å².